The number of aliphatic hydroxyl groups excluding tert-OH is 1. The maximum Gasteiger partial charge on any atom is 0.0638 e. The van der Waals surface area contributed by atoms with E-state index < -0.39 is 0 Å². The molecule has 0 heterocycles. The molecule has 0 saturated carbocycles. The summed E-state index contributed by atoms with van der Waals surface area (Å²) in [6, 6.07) is 8.22. The van der Waals surface area contributed by atoms with Crippen molar-refractivity contribution in [2.75, 3.05) is 11.9 Å². The molecule has 15 heavy (non-hydrogen) atoms. The largest absolute Gasteiger partial charge is 0.394 e. The second-order valence-corrected chi connectivity index (χ2v) is 5.06. The van der Waals surface area contributed by atoms with E-state index in [1.807, 2.05) is 18.2 Å². The number of aryl methyl sites for hydroxylation is 1. The van der Waals surface area contributed by atoms with Crippen molar-refractivity contribution in [2.45, 2.75) is 33.7 Å². The molecule has 2 N–H and O–H groups in total. The van der Waals surface area contributed by atoms with Gasteiger partial charge in [-0.05, 0) is 24.0 Å². The van der Waals surface area contributed by atoms with Crippen LogP contribution >= 0.6 is 0 Å². The number of aliphatic hydroxyl groups is 1. The van der Waals surface area contributed by atoms with Crippen LogP contribution in [0, 0.1) is 12.3 Å². The highest BCUT2D eigenvalue weighted by atomic mass is 16.3. The summed E-state index contributed by atoms with van der Waals surface area (Å²) in [7, 11) is 0. The van der Waals surface area contributed by atoms with Crippen LogP contribution in [-0.2, 0) is 0 Å². The van der Waals surface area contributed by atoms with Gasteiger partial charge in [-0.25, -0.2) is 0 Å². The number of para-hydroxylation sites is 1. The van der Waals surface area contributed by atoms with Gasteiger partial charge >= 0.3 is 0 Å². The summed E-state index contributed by atoms with van der Waals surface area (Å²) in [6.45, 7) is 8.59. The third-order valence-corrected chi connectivity index (χ3v) is 2.70. The average Bonchev–Trinajstić information content (AvgIpc) is 2.14. The van der Waals surface area contributed by atoms with Crippen LogP contribution in [0.2, 0.25) is 0 Å². The highest BCUT2D eigenvalue weighted by molar-refractivity contribution is 5.51. The van der Waals surface area contributed by atoms with Crippen molar-refractivity contribution in [3.05, 3.63) is 29.8 Å². The second-order valence-electron chi connectivity index (χ2n) is 5.06. The number of anilines is 1. The quantitative estimate of drug-likeness (QED) is 0.798. The van der Waals surface area contributed by atoms with Crippen molar-refractivity contribution in [2.24, 2.45) is 5.41 Å². The molecular formula is C13H21NO. The number of nitrogens with one attached hydrogen (secondary N) is 1. The van der Waals surface area contributed by atoms with E-state index in [1.54, 1.807) is 0 Å². The first-order valence-corrected chi connectivity index (χ1v) is 5.38. The van der Waals surface area contributed by atoms with Gasteiger partial charge in [-0.15, -0.1) is 0 Å². The number of hydrogen-bond donors (Lipinski definition) is 2. The molecule has 0 aliphatic heterocycles. The second kappa shape index (κ2) is 4.67. The maximum atomic E-state index is 9.35. The van der Waals surface area contributed by atoms with E-state index >= 15 is 0 Å². The van der Waals surface area contributed by atoms with Crippen LogP contribution in [0.15, 0.2) is 24.3 Å². The molecule has 0 saturated heterocycles. The topological polar surface area (TPSA) is 32.3 Å². The zero-order valence-corrected chi connectivity index (χ0v) is 10.0. The number of rotatable bonds is 3. The predicted molar refractivity (Wildman–Crippen MR) is 65.1 cm³/mol. The van der Waals surface area contributed by atoms with E-state index in [4.69, 9.17) is 0 Å². The van der Waals surface area contributed by atoms with E-state index in [1.165, 1.54) is 5.56 Å². The summed E-state index contributed by atoms with van der Waals surface area (Å²) < 4.78 is 0. The van der Waals surface area contributed by atoms with Gasteiger partial charge in [-0.2, -0.15) is 0 Å². The lowest BCUT2D eigenvalue weighted by Gasteiger charge is -2.31. The van der Waals surface area contributed by atoms with E-state index in [9.17, 15) is 5.11 Å². The highest BCUT2D eigenvalue weighted by Crippen LogP contribution is 2.24. The minimum Gasteiger partial charge on any atom is -0.394 e. The van der Waals surface area contributed by atoms with Gasteiger partial charge in [0.25, 0.3) is 0 Å². The third-order valence-electron chi connectivity index (χ3n) is 2.70. The lowest BCUT2D eigenvalue weighted by atomic mass is 9.87. The first-order valence-electron chi connectivity index (χ1n) is 5.38. The zero-order chi connectivity index (χ0) is 11.5. The predicted octanol–water partition coefficient (Wildman–Crippen LogP) is 2.81. The molecule has 1 rings (SSSR count). The average molecular weight is 207 g/mol. The van der Waals surface area contributed by atoms with Crippen LogP contribution in [0.1, 0.15) is 26.3 Å². The van der Waals surface area contributed by atoms with Crippen LogP contribution in [0.5, 0.6) is 0 Å². The molecule has 0 aliphatic carbocycles. The summed E-state index contributed by atoms with van der Waals surface area (Å²) in [5.74, 6) is 0. The highest BCUT2D eigenvalue weighted by Gasteiger charge is 2.23. The van der Waals surface area contributed by atoms with Gasteiger partial charge in [0, 0.05) is 5.69 Å². The third kappa shape index (κ3) is 3.24. The Morgan fingerprint density at radius 1 is 1.27 bits per heavy atom. The van der Waals surface area contributed by atoms with E-state index in [0.717, 1.165) is 5.69 Å². The molecule has 1 atom stereocenters. The molecule has 1 unspecified atom stereocenters. The zero-order valence-electron chi connectivity index (χ0n) is 10.0. The molecule has 0 bridgehead atoms. The SMILES string of the molecule is Cc1ccccc1NC(CO)C(C)(C)C. The minimum atomic E-state index is 0.0526. The maximum absolute atomic E-state index is 9.35. The van der Waals surface area contributed by atoms with E-state index in [-0.39, 0.29) is 18.1 Å². The van der Waals surface area contributed by atoms with Crippen molar-refractivity contribution in [1.82, 2.24) is 0 Å². The Labute approximate surface area is 92.3 Å². The first kappa shape index (κ1) is 12.1. The Bertz CT molecular complexity index is 315. The molecule has 1 aromatic carbocycles. The molecule has 0 aromatic heterocycles. The van der Waals surface area contributed by atoms with Gasteiger partial charge in [-0.3, -0.25) is 0 Å². The van der Waals surface area contributed by atoms with Gasteiger partial charge in [0.15, 0.2) is 0 Å². The van der Waals surface area contributed by atoms with Crippen molar-refractivity contribution in [1.29, 1.82) is 0 Å². The van der Waals surface area contributed by atoms with E-state index in [0.29, 0.717) is 0 Å². The summed E-state index contributed by atoms with van der Waals surface area (Å²) in [5.41, 5.74) is 2.36. The standard InChI is InChI=1S/C13H21NO/c1-10-7-5-6-8-11(10)14-12(9-15)13(2,3)4/h5-8,12,14-15H,9H2,1-4H3. The minimum absolute atomic E-state index is 0.0526. The molecule has 0 fully saturated rings. The fourth-order valence-electron chi connectivity index (χ4n) is 1.46. The molecule has 0 aliphatic rings. The van der Waals surface area contributed by atoms with Gasteiger partial charge < -0.3 is 10.4 Å². The summed E-state index contributed by atoms with van der Waals surface area (Å²) in [6.07, 6.45) is 0. The van der Waals surface area contributed by atoms with Crippen LogP contribution in [0.25, 0.3) is 0 Å². The first-order chi connectivity index (χ1) is 6.95. The number of benzene rings is 1. The van der Waals surface area contributed by atoms with E-state index in [2.05, 4.69) is 39.1 Å². The van der Waals surface area contributed by atoms with Crippen molar-refractivity contribution >= 4 is 5.69 Å². The van der Waals surface area contributed by atoms with Crippen LogP contribution in [0.3, 0.4) is 0 Å². The molecule has 2 nitrogen and oxygen atoms in total. The Kier molecular flexibility index (Phi) is 3.75. The van der Waals surface area contributed by atoms with Crippen LogP contribution in [0.4, 0.5) is 5.69 Å². The molecule has 84 valence electrons. The Hall–Kier alpha value is -1.02. The monoisotopic (exact) mass is 207 g/mol. The molecule has 0 radical (unpaired) electrons. The lowest BCUT2D eigenvalue weighted by Crippen LogP contribution is -2.37. The van der Waals surface area contributed by atoms with Gasteiger partial charge in [-0.1, -0.05) is 39.0 Å². The summed E-state index contributed by atoms with van der Waals surface area (Å²) in [4.78, 5) is 0. The van der Waals surface area contributed by atoms with Gasteiger partial charge in [0.05, 0.1) is 12.6 Å². The van der Waals surface area contributed by atoms with Gasteiger partial charge in [0.1, 0.15) is 0 Å². The normalized spacial score (nSPS) is 13.7. The van der Waals surface area contributed by atoms with Crippen LogP contribution in [-0.4, -0.2) is 17.8 Å². The van der Waals surface area contributed by atoms with Crippen molar-refractivity contribution in [3.63, 3.8) is 0 Å². The fourth-order valence-corrected chi connectivity index (χ4v) is 1.46. The van der Waals surface area contributed by atoms with Crippen molar-refractivity contribution < 1.29 is 5.11 Å². The smallest absolute Gasteiger partial charge is 0.0638 e. The molecule has 0 amide bonds. The molecule has 0 spiro atoms. The Balaban J connectivity index is 2.80. The van der Waals surface area contributed by atoms with Crippen LogP contribution < -0.4 is 5.32 Å². The fraction of sp³-hybridized carbons (Fsp3) is 0.538. The van der Waals surface area contributed by atoms with Crippen molar-refractivity contribution in [3.8, 4) is 0 Å². The molecule has 2 heteroatoms. The summed E-state index contributed by atoms with van der Waals surface area (Å²) in [5, 5.41) is 12.7. The Morgan fingerprint density at radius 2 is 1.87 bits per heavy atom. The number of hydrogen-bond acceptors (Lipinski definition) is 2. The van der Waals surface area contributed by atoms with Gasteiger partial charge in [0.2, 0.25) is 0 Å². The Morgan fingerprint density at radius 3 is 2.33 bits per heavy atom. The summed E-state index contributed by atoms with van der Waals surface area (Å²) >= 11 is 0. The molecular weight excluding hydrogens is 186 g/mol. The lowest BCUT2D eigenvalue weighted by molar-refractivity contribution is 0.202. The molecule has 1 aromatic rings.